The van der Waals surface area contributed by atoms with Crippen LogP contribution in [0.3, 0.4) is 0 Å². The molecule has 2 aliphatic heterocycles. The number of fused-ring (bicyclic) bond motifs is 1. The highest BCUT2D eigenvalue weighted by molar-refractivity contribution is 6.47. The number of aromatic nitrogens is 2. The zero-order valence-corrected chi connectivity index (χ0v) is 12.1. The predicted octanol–water partition coefficient (Wildman–Crippen LogP) is 1.93. The van der Waals surface area contributed by atoms with Crippen LogP contribution in [0.2, 0.25) is 0 Å². The van der Waals surface area contributed by atoms with Crippen molar-refractivity contribution in [2.45, 2.75) is 6.54 Å². The summed E-state index contributed by atoms with van der Waals surface area (Å²) in [6.45, 7) is 1.07. The molecule has 7 nitrogen and oxygen atoms in total. The molecule has 0 unspecified atom stereocenters. The molecule has 0 aliphatic carbocycles. The van der Waals surface area contributed by atoms with Crippen LogP contribution >= 0.6 is 0 Å². The average Bonchev–Trinajstić information content (AvgIpc) is 3.21. The van der Waals surface area contributed by atoms with E-state index in [1.807, 2.05) is 22.2 Å². The predicted molar refractivity (Wildman–Crippen MR) is 84.9 cm³/mol. The Morgan fingerprint density at radius 2 is 2.09 bits per heavy atom. The lowest BCUT2D eigenvalue weighted by atomic mass is 10.2. The number of hydrogen-bond donors (Lipinski definition) is 2. The Bertz CT molecular complexity index is 777. The summed E-state index contributed by atoms with van der Waals surface area (Å²) in [6.07, 6.45) is 5.31. The number of aromatic amines is 1. The van der Waals surface area contributed by atoms with Crippen LogP contribution < -0.4 is 5.43 Å². The van der Waals surface area contributed by atoms with Crippen LogP contribution in [-0.2, 0) is 6.54 Å². The maximum Gasteiger partial charge on any atom is 0.176 e. The van der Waals surface area contributed by atoms with E-state index in [0.717, 1.165) is 17.1 Å². The molecule has 0 fully saturated rings. The smallest absolute Gasteiger partial charge is 0.176 e. The molecule has 0 atom stereocenters. The summed E-state index contributed by atoms with van der Waals surface area (Å²) in [6, 6.07) is 8.26. The molecule has 0 saturated heterocycles. The van der Waals surface area contributed by atoms with Gasteiger partial charge in [-0.25, -0.2) is 14.4 Å². The molecule has 2 aromatic rings. The van der Waals surface area contributed by atoms with Gasteiger partial charge in [0.1, 0.15) is 18.2 Å². The maximum atomic E-state index is 13.0. The van der Waals surface area contributed by atoms with E-state index in [0.29, 0.717) is 19.0 Å². The number of aliphatic imine (C=N–C) groups is 1. The van der Waals surface area contributed by atoms with Gasteiger partial charge in [-0.05, 0) is 23.8 Å². The lowest BCUT2D eigenvalue weighted by Gasteiger charge is -2.34. The van der Waals surface area contributed by atoms with Crippen LogP contribution in [0.4, 0.5) is 10.2 Å². The second kappa shape index (κ2) is 5.56. The number of anilines is 1. The minimum atomic E-state index is -0.242. The van der Waals surface area contributed by atoms with Crippen LogP contribution in [0, 0.1) is 5.82 Å². The molecule has 0 spiro atoms. The lowest BCUT2D eigenvalue weighted by molar-refractivity contribution is 0.195. The van der Waals surface area contributed by atoms with Gasteiger partial charge in [-0.3, -0.25) is 15.5 Å². The van der Waals surface area contributed by atoms with Gasteiger partial charge in [0.25, 0.3) is 0 Å². The van der Waals surface area contributed by atoms with Crippen molar-refractivity contribution in [1.29, 1.82) is 0 Å². The van der Waals surface area contributed by atoms with E-state index in [1.165, 1.54) is 12.1 Å². The average molecular weight is 311 g/mol. The minimum Gasteiger partial charge on any atom is -0.284 e. The summed E-state index contributed by atoms with van der Waals surface area (Å²) >= 11 is 0. The minimum absolute atomic E-state index is 0.242. The first-order chi connectivity index (χ1) is 11.3. The van der Waals surface area contributed by atoms with Crippen molar-refractivity contribution in [2.24, 2.45) is 10.1 Å². The fourth-order valence-corrected chi connectivity index (χ4v) is 2.45. The van der Waals surface area contributed by atoms with Crippen molar-refractivity contribution >= 4 is 17.4 Å². The maximum absolute atomic E-state index is 13.0. The molecule has 0 bridgehead atoms. The third-order valence-corrected chi connectivity index (χ3v) is 3.50. The van der Waals surface area contributed by atoms with Gasteiger partial charge in [0.05, 0.1) is 6.54 Å². The highest BCUT2D eigenvalue weighted by Crippen LogP contribution is 2.16. The molecular formula is C15H14FN7. The summed E-state index contributed by atoms with van der Waals surface area (Å²) < 4.78 is 13.0. The van der Waals surface area contributed by atoms with Gasteiger partial charge in [-0.2, -0.15) is 10.2 Å². The molecular weight excluding hydrogens is 297 g/mol. The second-order valence-electron chi connectivity index (χ2n) is 5.19. The van der Waals surface area contributed by atoms with E-state index in [4.69, 9.17) is 0 Å². The Balaban J connectivity index is 1.54. The van der Waals surface area contributed by atoms with Crippen LogP contribution in [-0.4, -0.2) is 38.4 Å². The molecule has 0 radical (unpaired) electrons. The highest BCUT2D eigenvalue weighted by Gasteiger charge is 2.27. The number of hydrazone groups is 1. The fourth-order valence-electron chi connectivity index (χ4n) is 2.45. The highest BCUT2D eigenvalue weighted by atomic mass is 19.1. The van der Waals surface area contributed by atoms with Crippen LogP contribution in [0.1, 0.15) is 5.56 Å². The molecule has 0 amide bonds. The molecule has 0 saturated carbocycles. The third-order valence-electron chi connectivity index (χ3n) is 3.50. The van der Waals surface area contributed by atoms with E-state index in [2.05, 4.69) is 25.7 Å². The third kappa shape index (κ3) is 2.78. The summed E-state index contributed by atoms with van der Waals surface area (Å²) in [7, 11) is 0. The molecule has 116 valence electrons. The van der Waals surface area contributed by atoms with Crippen molar-refractivity contribution in [1.82, 2.24) is 20.2 Å². The lowest BCUT2D eigenvalue weighted by Crippen LogP contribution is -2.49. The Labute approximate surface area is 131 Å². The summed E-state index contributed by atoms with van der Waals surface area (Å²) in [5.74, 6) is 1.21. The molecule has 1 aromatic heterocycles. The Hall–Kier alpha value is -3.16. The number of halogens is 1. The van der Waals surface area contributed by atoms with Gasteiger partial charge in [0.15, 0.2) is 11.7 Å². The van der Waals surface area contributed by atoms with Gasteiger partial charge < -0.3 is 0 Å². The zero-order valence-electron chi connectivity index (χ0n) is 12.1. The summed E-state index contributed by atoms with van der Waals surface area (Å²) in [5, 5.41) is 15.2. The number of benzene rings is 1. The van der Waals surface area contributed by atoms with Crippen LogP contribution in [0.25, 0.3) is 0 Å². The van der Waals surface area contributed by atoms with E-state index >= 15 is 0 Å². The topological polar surface area (TPSA) is 71.9 Å². The molecule has 4 rings (SSSR count). The standard InChI is InChI=1S/C15H14FN7/c16-12-3-1-11(2-4-12)9-22-10-23(21-14-6-8-18-19-14)15-13(20-22)5-7-17-15/h1-8H,9-10H2,(H2,18,19,21). The number of hydrazine groups is 1. The van der Waals surface area contributed by atoms with Crippen molar-refractivity contribution in [2.75, 3.05) is 12.1 Å². The van der Waals surface area contributed by atoms with Crippen molar-refractivity contribution in [3.63, 3.8) is 0 Å². The van der Waals surface area contributed by atoms with Gasteiger partial charge in [-0.15, -0.1) is 0 Å². The van der Waals surface area contributed by atoms with Crippen molar-refractivity contribution < 1.29 is 4.39 Å². The quantitative estimate of drug-likeness (QED) is 0.905. The molecule has 2 N–H and O–H groups in total. The molecule has 8 heteroatoms. The van der Waals surface area contributed by atoms with Crippen LogP contribution in [0.5, 0.6) is 0 Å². The first kappa shape index (κ1) is 13.5. The first-order valence-electron chi connectivity index (χ1n) is 7.15. The summed E-state index contributed by atoms with van der Waals surface area (Å²) in [4.78, 5) is 4.33. The van der Waals surface area contributed by atoms with Crippen molar-refractivity contribution in [3.8, 4) is 0 Å². The number of rotatable bonds is 4. The molecule has 2 aliphatic rings. The van der Waals surface area contributed by atoms with Crippen molar-refractivity contribution in [3.05, 3.63) is 60.2 Å². The zero-order chi connectivity index (χ0) is 15.6. The van der Waals surface area contributed by atoms with E-state index < -0.39 is 0 Å². The number of hydrogen-bond acceptors (Lipinski definition) is 6. The number of nitrogens with zero attached hydrogens (tertiary/aromatic N) is 5. The number of H-pyrrole nitrogens is 1. The number of nitrogens with one attached hydrogen (secondary N) is 2. The number of amidine groups is 1. The Kier molecular flexibility index (Phi) is 3.26. The van der Waals surface area contributed by atoms with E-state index in [-0.39, 0.29) is 5.82 Å². The van der Waals surface area contributed by atoms with Gasteiger partial charge in [-0.1, -0.05) is 12.1 Å². The molecule has 1 aromatic carbocycles. The van der Waals surface area contributed by atoms with E-state index in [1.54, 1.807) is 24.5 Å². The Morgan fingerprint density at radius 1 is 1.22 bits per heavy atom. The second-order valence-corrected chi connectivity index (χ2v) is 5.19. The monoisotopic (exact) mass is 311 g/mol. The SMILES string of the molecule is Fc1ccc(CN2CN(Nc3cc[nH]n3)C3=NC=CC3=N2)cc1. The largest absolute Gasteiger partial charge is 0.284 e. The van der Waals surface area contributed by atoms with Gasteiger partial charge in [0, 0.05) is 18.5 Å². The first-order valence-corrected chi connectivity index (χ1v) is 7.15. The Morgan fingerprint density at radius 3 is 2.87 bits per heavy atom. The van der Waals surface area contributed by atoms with Gasteiger partial charge >= 0.3 is 0 Å². The molecule has 23 heavy (non-hydrogen) atoms. The van der Waals surface area contributed by atoms with E-state index in [9.17, 15) is 4.39 Å². The summed E-state index contributed by atoms with van der Waals surface area (Å²) in [5.41, 5.74) is 4.96. The van der Waals surface area contributed by atoms with Crippen LogP contribution in [0.15, 0.2) is 58.9 Å². The fraction of sp³-hybridized carbons (Fsp3) is 0.133. The van der Waals surface area contributed by atoms with Gasteiger partial charge in [0.2, 0.25) is 0 Å². The normalized spacial score (nSPS) is 16.2. The molecule has 3 heterocycles.